The summed E-state index contributed by atoms with van der Waals surface area (Å²) in [4.78, 5) is 1.23. The molecule has 1 heteroatoms. The van der Waals surface area contributed by atoms with Gasteiger partial charge in [0.1, 0.15) is 0 Å². The summed E-state index contributed by atoms with van der Waals surface area (Å²) in [5, 5.41) is 2.10. The fourth-order valence-electron chi connectivity index (χ4n) is 0.859. The van der Waals surface area contributed by atoms with Crippen LogP contribution in [0.5, 0.6) is 0 Å². The smallest absolute Gasteiger partial charge is 0.00808 e. The van der Waals surface area contributed by atoms with Gasteiger partial charge in [0.25, 0.3) is 0 Å². The summed E-state index contributed by atoms with van der Waals surface area (Å²) in [7, 11) is 0. The molecule has 0 nitrogen and oxygen atoms in total. The van der Waals surface area contributed by atoms with Crippen LogP contribution in [0.2, 0.25) is 0 Å². The third kappa shape index (κ3) is 1.55. The Bertz CT molecular complexity index is 176. The van der Waals surface area contributed by atoms with E-state index >= 15 is 0 Å². The van der Waals surface area contributed by atoms with Gasteiger partial charge >= 0.3 is 0 Å². The molecule has 0 aromatic carbocycles. The zero-order valence-corrected chi connectivity index (χ0v) is 6.50. The Kier molecular flexibility index (Phi) is 2.29. The Balaban J connectivity index is 2.69. The first-order chi connectivity index (χ1) is 4.34. The summed E-state index contributed by atoms with van der Waals surface area (Å²) in [5.41, 5.74) is 1.42. The first-order valence-corrected chi connectivity index (χ1v) is 4.11. The van der Waals surface area contributed by atoms with Crippen molar-refractivity contribution in [1.29, 1.82) is 0 Å². The van der Waals surface area contributed by atoms with Crippen molar-refractivity contribution in [2.24, 2.45) is 0 Å². The van der Waals surface area contributed by atoms with Crippen molar-refractivity contribution in [3.8, 4) is 0 Å². The largest absolute Gasteiger partial charge is 0.149 e. The SMILES string of the molecule is [CH2]c1sccc1CCC. The van der Waals surface area contributed by atoms with Gasteiger partial charge in [-0.2, -0.15) is 0 Å². The van der Waals surface area contributed by atoms with E-state index in [2.05, 4.69) is 25.3 Å². The Labute approximate surface area is 60.5 Å². The molecule has 0 fully saturated rings. The van der Waals surface area contributed by atoms with Gasteiger partial charge in [0.15, 0.2) is 0 Å². The second-order valence-electron chi connectivity index (χ2n) is 2.12. The Morgan fingerprint density at radius 3 is 2.89 bits per heavy atom. The van der Waals surface area contributed by atoms with Crippen molar-refractivity contribution >= 4 is 11.3 Å². The predicted molar refractivity (Wildman–Crippen MR) is 42.8 cm³/mol. The van der Waals surface area contributed by atoms with Gasteiger partial charge < -0.3 is 0 Å². The van der Waals surface area contributed by atoms with E-state index in [1.54, 1.807) is 11.3 Å². The predicted octanol–water partition coefficient (Wildman–Crippen LogP) is 2.88. The van der Waals surface area contributed by atoms with Crippen LogP contribution in [0, 0.1) is 6.92 Å². The lowest BCUT2D eigenvalue weighted by Gasteiger charge is -1.92. The quantitative estimate of drug-likeness (QED) is 0.591. The maximum Gasteiger partial charge on any atom is 0.00808 e. The minimum Gasteiger partial charge on any atom is -0.149 e. The summed E-state index contributed by atoms with van der Waals surface area (Å²) in [6.45, 7) is 6.11. The maximum absolute atomic E-state index is 3.92. The summed E-state index contributed by atoms with van der Waals surface area (Å²) in [6.07, 6.45) is 2.40. The van der Waals surface area contributed by atoms with E-state index < -0.39 is 0 Å². The second-order valence-corrected chi connectivity index (χ2v) is 3.12. The zero-order valence-electron chi connectivity index (χ0n) is 5.68. The summed E-state index contributed by atoms with van der Waals surface area (Å²) in [5.74, 6) is 0. The van der Waals surface area contributed by atoms with Crippen LogP contribution in [-0.2, 0) is 6.42 Å². The van der Waals surface area contributed by atoms with Crippen LogP contribution in [0.25, 0.3) is 0 Å². The third-order valence-corrected chi connectivity index (χ3v) is 2.18. The van der Waals surface area contributed by atoms with Crippen molar-refractivity contribution in [2.45, 2.75) is 19.8 Å². The Morgan fingerprint density at radius 2 is 2.44 bits per heavy atom. The summed E-state index contributed by atoms with van der Waals surface area (Å²) < 4.78 is 0. The first-order valence-electron chi connectivity index (χ1n) is 3.23. The van der Waals surface area contributed by atoms with E-state index in [1.165, 1.54) is 23.3 Å². The molecule has 1 heterocycles. The minimum atomic E-state index is 1.18. The summed E-state index contributed by atoms with van der Waals surface area (Å²) in [6, 6.07) is 2.16. The lowest BCUT2D eigenvalue weighted by atomic mass is 10.2. The van der Waals surface area contributed by atoms with Crippen molar-refractivity contribution in [2.75, 3.05) is 0 Å². The number of hydrogen-bond acceptors (Lipinski definition) is 1. The topological polar surface area (TPSA) is 0 Å². The molecule has 0 aliphatic heterocycles. The van der Waals surface area contributed by atoms with E-state index in [-0.39, 0.29) is 0 Å². The molecule has 0 amide bonds. The standard InChI is InChI=1S/C8H11S/c1-3-4-8-5-6-9-7(8)2/h5-6H,2-4H2,1H3. The van der Waals surface area contributed by atoms with Crippen molar-refractivity contribution < 1.29 is 0 Å². The zero-order chi connectivity index (χ0) is 6.69. The van der Waals surface area contributed by atoms with E-state index in [1.807, 2.05) is 0 Å². The Morgan fingerprint density at radius 1 is 1.67 bits per heavy atom. The molecule has 1 radical (unpaired) electrons. The normalized spacial score (nSPS) is 10.0. The number of thiophene rings is 1. The molecular formula is C8H11S. The summed E-state index contributed by atoms with van der Waals surface area (Å²) >= 11 is 1.73. The highest BCUT2D eigenvalue weighted by Gasteiger charge is 1.95. The van der Waals surface area contributed by atoms with Crippen LogP contribution in [0.3, 0.4) is 0 Å². The molecule has 0 atom stereocenters. The fourth-order valence-corrected chi connectivity index (χ4v) is 1.58. The van der Waals surface area contributed by atoms with E-state index in [4.69, 9.17) is 0 Å². The van der Waals surface area contributed by atoms with Crippen molar-refractivity contribution in [3.05, 3.63) is 28.8 Å². The van der Waals surface area contributed by atoms with Gasteiger partial charge in [-0.25, -0.2) is 0 Å². The fraction of sp³-hybridized carbons (Fsp3) is 0.375. The highest BCUT2D eigenvalue weighted by molar-refractivity contribution is 7.10. The minimum absolute atomic E-state index is 1.18. The molecule has 9 heavy (non-hydrogen) atoms. The molecule has 0 saturated heterocycles. The highest BCUT2D eigenvalue weighted by atomic mass is 32.1. The molecule has 0 unspecified atom stereocenters. The van der Waals surface area contributed by atoms with Crippen molar-refractivity contribution in [3.63, 3.8) is 0 Å². The van der Waals surface area contributed by atoms with Crippen LogP contribution in [0.4, 0.5) is 0 Å². The van der Waals surface area contributed by atoms with Gasteiger partial charge in [-0.05, 0) is 30.4 Å². The molecule has 0 saturated carbocycles. The second kappa shape index (κ2) is 3.02. The van der Waals surface area contributed by atoms with Crippen LogP contribution in [0.1, 0.15) is 23.8 Å². The van der Waals surface area contributed by atoms with E-state index in [9.17, 15) is 0 Å². The molecule has 0 aliphatic rings. The Hall–Kier alpha value is -0.300. The van der Waals surface area contributed by atoms with Crippen LogP contribution >= 0.6 is 11.3 Å². The van der Waals surface area contributed by atoms with Gasteiger partial charge in [0.2, 0.25) is 0 Å². The maximum atomic E-state index is 3.92. The van der Waals surface area contributed by atoms with Gasteiger partial charge in [-0.3, -0.25) is 0 Å². The molecule has 1 rings (SSSR count). The molecule has 0 aliphatic carbocycles. The van der Waals surface area contributed by atoms with Crippen molar-refractivity contribution in [1.82, 2.24) is 0 Å². The number of rotatable bonds is 2. The lowest BCUT2D eigenvalue weighted by molar-refractivity contribution is 0.923. The molecule has 49 valence electrons. The third-order valence-electron chi connectivity index (χ3n) is 1.36. The van der Waals surface area contributed by atoms with Gasteiger partial charge in [-0.15, -0.1) is 11.3 Å². The molecule has 1 aromatic rings. The van der Waals surface area contributed by atoms with Crippen LogP contribution in [0.15, 0.2) is 11.4 Å². The highest BCUT2D eigenvalue weighted by Crippen LogP contribution is 2.15. The average Bonchev–Trinajstić information content (AvgIpc) is 2.18. The van der Waals surface area contributed by atoms with Gasteiger partial charge in [0.05, 0.1) is 0 Å². The van der Waals surface area contributed by atoms with Gasteiger partial charge in [0, 0.05) is 4.88 Å². The molecule has 0 bridgehead atoms. The molecule has 0 spiro atoms. The lowest BCUT2D eigenvalue weighted by Crippen LogP contribution is -1.79. The van der Waals surface area contributed by atoms with E-state index in [0.29, 0.717) is 0 Å². The average molecular weight is 139 g/mol. The first kappa shape index (κ1) is 6.81. The molecule has 0 N–H and O–H groups in total. The van der Waals surface area contributed by atoms with Gasteiger partial charge in [-0.1, -0.05) is 13.3 Å². The number of hydrogen-bond donors (Lipinski definition) is 0. The number of aryl methyl sites for hydroxylation is 1. The molecular weight excluding hydrogens is 128 g/mol. The van der Waals surface area contributed by atoms with E-state index in [0.717, 1.165) is 0 Å². The monoisotopic (exact) mass is 139 g/mol. The molecule has 1 aromatic heterocycles. The van der Waals surface area contributed by atoms with Crippen LogP contribution in [-0.4, -0.2) is 0 Å². The van der Waals surface area contributed by atoms with Crippen LogP contribution < -0.4 is 0 Å².